The second-order valence-corrected chi connectivity index (χ2v) is 24.6. The molecule has 0 bridgehead atoms. The lowest BCUT2D eigenvalue weighted by Crippen LogP contribution is -2.58. The molecule has 16 nitrogen and oxygen atoms in total. The third-order valence-electron chi connectivity index (χ3n) is 16.0. The fourth-order valence-corrected chi connectivity index (χ4v) is 15.0. The Morgan fingerprint density at radius 2 is 1.00 bits per heavy atom. The largest absolute Gasteiger partial charge is 0.375 e. The number of nitrogens with zero attached hydrogens (tertiary/aromatic N) is 2. The Hall–Kier alpha value is -4.20. The number of benzene rings is 2. The molecular weight excluding hydrogens is 953 g/mol. The van der Waals surface area contributed by atoms with Crippen LogP contribution in [0.2, 0.25) is 0 Å². The molecule has 12 atom stereocenters. The summed E-state index contributed by atoms with van der Waals surface area (Å²) in [6.45, 7) is 12.8. The van der Waals surface area contributed by atoms with Crippen LogP contribution in [0, 0.1) is 10.8 Å². The van der Waals surface area contributed by atoms with Gasteiger partial charge >= 0.3 is 0 Å². The molecule has 2 aliphatic carbocycles. The predicted molar refractivity (Wildman–Crippen MR) is 281 cm³/mol. The topological polar surface area (TPSA) is 200 Å². The van der Waals surface area contributed by atoms with E-state index in [-0.39, 0.29) is 70.5 Å². The summed E-state index contributed by atoms with van der Waals surface area (Å²) in [6.07, 6.45) is 6.71. The van der Waals surface area contributed by atoms with Crippen LogP contribution in [-0.4, -0.2) is 143 Å². The first-order valence-electron chi connectivity index (χ1n) is 26.3. The smallest absolute Gasteiger partial charge is 0.246 e. The van der Waals surface area contributed by atoms with Crippen molar-refractivity contribution < 1.29 is 38.2 Å². The molecule has 4 saturated heterocycles. The maximum atomic E-state index is 14.6. The van der Waals surface area contributed by atoms with Crippen LogP contribution < -0.4 is 31.9 Å². The normalized spacial score (nSPS) is 30.0. The zero-order valence-corrected chi connectivity index (χ0v) is 45.1. The van der Waals surface area contributed by atoms with E-state index < -0.39 is 47.1 Å². The number of unbranched alkanes of at least 4 members (excludes halogenated alkanes) is 3. The molecule has 2 aromatic carbocycles. The first kappa shape index (κ1) is 54.1. The van der Waals surface area contributed by atoms with Crippen molar-refractivity contribution in [1.29, 1.82) is 0 Å². The second-order valence-electron chi connectivity index (χ2n) is 22.1. The number of amides is 6. The number of hydrogen-bond donors (Lipinski definition) is 6. The monoisotopic (exact) mass is 1030 g/mol. The van der Waals surface area contributed by atoms with E-state index in [1.807, 2.05) is 24.3 Å². The molecule has 2 aromatic rings. The maximum Gasteiger partial charge on any atom is 0.246 e. The summed E-state index contributed by atoms with van der Waals surface area (Å²) >= 11 is 3.37. The number of carbonyl (C=O) groups is 6. The lowest BCUT2D eigenvalue weighted by atomic mass is 9.83. The average molecular weight is 1030 g/mol. The molecule has 6 amide bonds. The minimum Gasteiger partial charge on any atom is -0.375 e. The van der Waals surface area contributed by atoms with Crippen LogP contribution >= 0.6 is 23.5 Å². The zero-order chi connectivity index (χ0) is 51.5. The Bertz CT molecular complexity index is 2160. The van der Waals surface area contributed by atoms with Crippen molar-refractivity contribution >= 4 is 59.0 Å². The fraction of sp³-hybridized carbons (Fsp3) is 0.667. The van der Waals surface area contributed by atoms with Gasteiger partial charge in [-0.1, -0.05) is 89.1 Å². The summed E-state index contributed by atoms with van der Waals surface area (Å²) in [4.78, 5) is 86.8. The van der Waals surface area contributed by atoms with Crippen molar-refractivity contribution in [3.05, 3.63) is 70.8 Å². The van der Waals surface area contributed by atoms with Crippen molar-refractivity contribution in [2.24, 2.45) is 10.8 Å². The molecule has 0 radical (unpaired) electrons. The molecule has 6 N–H and O–H groups in total. The molecule has 18 heteroatoms. The Morgan fingerprint density at radius 3 is 1.39 bits per heavy atom. The summed E-state index contributed by atoms with van der Waals surface area (Å²) in [5.41, 5.74) is 3.37. The first-order chi connectivity index (χ1) is 34.4. The summed E-state index contributed by atoms with van der Waals surface area (Å²) in [7, 11) is 3.42. The highest BCUT2D eigenvalue weighted by molar-refractivity contribution is 8.00. The maximum absolute atomic E-state index is 14.6. The van der Waals surface area contributed by atoms with E-state index in [4.69, 9.17) is 9.47 Å². The third-order valence-corrected chi connectivity index (χ3v) is 18.5. The van der Waals surface area contributed by atoms with E-state index in [0.29, 0.717) is 63.2 Å². The van der Waals surface area contributed by atoms with Crippen molar-refractivity contribution in [2.75, 3.05) is 38.8 Å². The van der Waals surface area contributed by atoms with Gasteiger partial charge in [0.15, 0.2) is 0 Å². The lowest BCUT2D eigenvalue weighted by Gasteiger charge is -2.35. The third kappa shape index (κ3) is 11.5. The number of hydrogen-bond acceptors (Lipinski definition) is 12. The van der Waals surface area contributed by atoms with Gasteiger partial charge in [-0.2, -0.15) is 0 Å². The molecule has 394 valence electrons. The van der Waals surface area contributed by atoms with Crippen molar-refractivity contribution in [1.82, 2.24) is 41.7 Å². The number of thioether (sulfide) groups is 2. The molecule has 0 saturated carbocycles. The molecule has 4 aliphatic heterocycles. The van der Waals surface area contributed by atoms with Crippen LogP contribution in [0.25, 0.3) is 0 Å². The van der Waals surface area contributed by atoms with Crippen molar-refractivity contribution in [3.63, 3.8) is 0 Å². The molecule has 72 heavy (non-hydrogen) atoms. The Kier molecular flexibility index (Phi) is 17.4. The SMILES string of the molecule is CN[C@@H](C)C(=O)N[C@H]1CCS[C@H]2CC(C)(C)[C@@H](C(=O)N[C@H]3c4ccccc4CC3OCCCCCCO[C@@H]3Cc4ccccc4[C@@H]3NC(=O)[C@H]3N4C(=O)[C@@H](NC(=O)[C@H](C)NC)CCS[C@H]4CC3(C)C)N2C1=O. The quantitative estimate of drug-likeness (QED) is 0.108. The van der Waals surface area contributed by atoms with Gasteiger partial charge in [0.25, 0.3) is 0 Å². The number of nitrogens with one attached hydrogen (secondary N) is 6. The van der Waals surface area contributed by atoms with E-state index >= 15 is 0 Å². The highest BCUT2D eigenvalue weighted by Gasteiger charge is 2.57. The molecular formula is C54H78N8O8S2. The zero-order valence-electron chi connectivity index (χ0n) is 43.4. The Morgan fingerprint density at radius 1 is 0.611 bits per heavy atom. The number of rotatable bonds is 19. The molecule has 6 aliphatic rings. The van der Waals surface area contributed by atoms with Gasteiger partial charge in [-0.05, 0) is 111 Å². The van der Waals surface area contributed by atoms with Crippen molar-refractivity contribution in [2.45, 2.75) is 177 Å². The van der Waals surface area contributed by atoms with Gasteiger partial charge in [-0.15, -0.1) is 23.5 Å². The minimum atomic E-state index is -0.708. The average Bonchev–Trinajstić information content (AvgIpc) is 3.99. The predicted octanol–water partition coefficient (Wildman–Crippen LogP) is 4.51. The van der Waals surface area contributed by atoms with Gasteiger partial charge in [0, 0.05) is 26.1 Å². The van der Waals surface area contributed by atoms with Crippen LogP contribution in [-0.2, 0) is 51.1 Å². The van der Waals surface area contributed by atoms with Crippen LogP contribution in [0.15, 0.2) is 48.5 Å². The van der Waals surface area contributed by atoms with Gasteiger partial charge in [0.2, 0.25) is 35.4 Å². The minimum absolute atomic E-state index is 0.157. The lowest BCUT2D eigenvalue weighted by molar-refractivity contribution is -0.144. The van der Waals surface area contributed by atoms with Crippen LogP contribution in [0.1, 0.15) is 127 Å². The van der Waals surface area contributed by atoms with E-state index in [2.05, 4.69) is 83.9 Å². The number of carbonyl (C=O) groups excluding carboxylic acids is 6. The molecule has 4 fully saturated rings. The number of ether oxygens (including phenoxy) is 2. The Labute approximate surface area is 434 Å². The molecule has 1 unspecified atom stereocenters. The highest BCUT2D eigenvalue weighted by Crippen LogP contribution is 2.48. The van der Waals surface area contributed by atoms with Gasteiger partial charge in [-0.3, -0.25) is 28.8 Å². The molecule has 0 aromatic heterocycles. The summed E-state index contributed by atoms with van der Waals surface area (Å²) in [6, 6.07) is 11.8. The summed E-state index contributed by atoms with van der Waals surface area (Å²) < 4.78 is 13.2. The van der Waals surface area contributed by atoms with E-state index in [0.717, 1.165) is 47.9 Å². The standard InChI is InChI=1S/C54H78N8O8S2/c1-31(55-7)47(63)57-37-21-25-71-41-29-53(3,4)45(61(41)51(37)67)49(65)59-43-35-19-13-11-17-33(35)27-39(43)69-23-15-9-10-16-24-70-40-28-34-18-12-14-20-36(34)44(40)60-50(66)46-54(5,6)30-42-62(46)52(68)38(22-26-72-42)58-48(64)32(2)56-8/h11-14,17-20,31-32,37-46,55-56H,9-10,15-16,21-30H2,1-8H3,(H,57,63)(H,58,64)(H,59,65)(H,60,66)/t31-,32-,37-,38-,39+,40?,41-,42-,43-,44-,45+,46+/m0/s1. The summed E-state index contributed by atoms with van der Waals surface area (Å²) in [5.74, 6) is 0.117. The first-order valence-corrected chi connectivity index (χ1v) is 28.4. The van der Waals surface area contributed by atoms with Crippen LogP contribution in [0.5, 0.6) is 0 Å². The number of fused-ring (bicyclic) bond motifs is 4. The number of likely N-dealkylation sites (N-methyl/N-ethyl adjacent to an activating group) is 2. The molecule has 8 rings (SSSR count). The molecule has 0 spiro atoms. The van der Waals surface area contributed by atoms with Gasteiger partial charge in [-0.25, -0.2) is 0 Å². The second kappa shape index (κ2) is 23.1. The highest BCUT2D eigenvalue weighted by atomic mass is 32.2. The Balaban J connectivity index is 0.836. The fourth-order valence-electron chi connectivity index (χ4n) is 11.8. The van der Waals surface area contributed by atoms with Crippen molar-refractivity contribution in [3.8, 4) is 0 Å². The van der Waals surface area contributed by atoms with Gasteiger partial charge < -0.3 is 51.2 Å². The van der Waals surface area contributed by atoms with Gasteiger partial charge in [0.1, 0.15) is 24.2 Å². The van der Waals surface area contributed by atoms with Crippen LogP contribution in [0.4, 0.5) is 0 Å². The van der Waals surface area contributed by atoms with Crippen LogP contribution in [0.3, 0.4) is 0 Å². The molecule has 4 heterocycles. The summed E-state index contributed by atoms with van der Waals surface area (Å²) in [5, 5.41) is 18.2. The van der Waals surface area contributed by atoms with E-state index in [1.165, 1.54) is 0 Å². The van der Waals surface area contributed by atoms with Gasteiger partial charge in [0.05, 0.1) is 47.1 Å². The van der Waals surface area contributed by atoms with E-state index in [9.17, 15) is 28.8 Å². The van der Waals surface area contributed by atoms with E-state index in [1.54, 1.807) is 61.3 Å².